The van der Waals surface area contributed by atoms with Crippen LogP contribution in [0.25, 0.3) is 10.9 Å². The summed E-state index contributed by atoms with van der Waals surface area (Å²) in [5.41, 5.74) is -0.206. The lowest BCUT2D eigenvalue weighted by atomic mass is 10.0. The quantitative estimate of drug-likeness (QED) is 0.778. The van der Waals surface area contributed by atoms with Crippen LogP contribution < -0.4 is 15.5 Å². The Morgan fingerprint density at radius 3 is 2.81 bits per heavy atom. The van der Waals surface area contributed by atoms with E-state index in [1.54, 1.807) is 12.1 Å². The number of amides is 1. The molecule has 31 heavy (non-hydrogen) atoms. The molecule has 1 unspecified atom stereocenters. The zero-order chi connectivity index (χ0) is 21.8. The second kappa shape index (κ2) is 7.63. The van der Waals surface area contributed by atoms with Gasteiger partial charge in [0.25, 0.3) is 5.91 Å². The molecule has 3 heterocycles. The number of hydrogen-bond acceptors (Lipinski definition) is 5. The normalized spacial score (nSPS) is 30.7. The Labute approximate surface area is 178 Å². The minimum Gasteiger partial charge on any atom is -0.365 e. The van der Waals surface area contributed by atoms with Crippen LogP contribution in [0.4, 0.5) is 18.9 Å². The van der Waals surface area contributed by atoms with Gasteiger partial charge in [0, 0.05) is 42.4 Å². The van der Waals surface area contributed by atoms with Gasteiger partial charge in [0.2, 0.25) is 0 Å². The summed E-state index contributed by atoms with van der Waals surface area (Å²) in [6.45, 7) is 3.56. The summed E-state index contributed by atoms with van der Waals surface area (Å²) in [6.07, 6.45) is -2.02. The highest BCUT2D eigenvalue weighted by molar-refractivity contribution is 5.94. The Morgan fingerprint density at radius 2 is 2.10 bits per heavy atom. The van der Waals surface area contributed by atoms with E-state index < -0.39 is 17.8 Å². The number of fused-ring (bicyclic) bond motifs is 3. The molecule has 2 saturated heterocycles. The van der Waals surface area contributed by atoms with Gasteiger partial charge in [0.1, 0.15) is 0 Å². The largest absolute Gasteiger partial charge is 0.418 e. The predicted molar refractivity (Wildman–Crippen MR) is 110 cm³/mol. The maximum Gasteiger partial charge on any atom is 0.418 e. The molecule has 1 aromatic carbocycles. The van der Waals surface area contributed by atoms with Gasteiger partial charge in [0.05, 0.1) is 23.7 Å². The first-order chi connectivity index (χ1) is 14.8. The molecule has 2 aromatic rings. The minimum atomic E-state index is -4.48. The van der Waals surface area contributed by atoms with Crippen LogP contribution in [-0.4, -0.2) is 54.8 Å². The number of alkyl halides is 3. The Bertz CT molecular complexity index is 998. The molecule has 3 fully saturated rings. The number of nitrogens with one attached hydrogen (secondary N) is 2. The highest BCUT2D eigenvalue weighted by atomic mass is 19.4. The van der Waals surface area contributed by atoms with E-state index in [9.17, 15) is 18.0 Å². The van der Waals surface area contributed by atoms with E-state index in [0.717, 1.165) is 25.5 Å². The van der Waals surface area contributed by atoms with Crippen molar-refractivity contribution < 1.29 is 22.7 Å². The smallest absolute Gasteiger partial charge is 0.365 e. The Hall–Kier alpha value is -2.39. The lowest BCUT2D eigenvalue weighted by molar-refractivity contribution is -0.138. The number of carbonyl (C=O) groups excluding carboxylic acids is 1. The van der Waals surface area contributed by atoms with Crippen molar-refractivity contribution in [2.24, 2.45) is 5.92 Å². The van der Waals surface area contributed by atoms with Gasteiger partial charge in [0.15, 0.2) is 6.10 Å². The first-order valence-corrected chi connectivity index (χ1v) is 10.7. The summed E-state index contributed by atoms with van der Waals surface area (Å²) in [6, 6.07) is 6.45. The molecular formula is C22H25F3N4O2. The van der Waals surface area contributed by atoms with Crippen LogP contribution in [0.5, 0.6) is 0 Å². The van der Waals surface area contributed by atoms with Crippen molar-refractivity contribution in [2.75, 3.05) is 24.5 Å². The third kappa shape index (κ3) is 3.85. The molecule has 5 atom stereocenters. The van der Waals surface area contributed by atoms with Crippen LogP contribution in [0.3, 0.4) is 0 Å². The summed E-state index contributed by atoms with van der Waals surface area (Å²) < 4.78 is 46.3. The second-order valence-corrected chi connectivity index (χ2v) is 8.82. The van der Waals surface area contributed by atoms with Gasteiger partial charge in [-0.2, -0.15) is 13.2 Å². The van der Waals surface area contributed by atoms with Crippen LogP contribution in [0, 0.1) is 5.92 Å². The molecular weight excluding hydrogens is 409 g/mol. The Balaban J connectivity index is 1.39. The molecule has 1 aromatic heterocycles. The number of carbonyl (C=O) groups is 1. The first-order valence-electron chi connectivity index (χ1n) is 10.7. The predicted octanol–water partition coefficient (Wildman–Crippen LogP) is 2.71. The van der Waals surface area contributed by atoms with Crippen LogP contribution in [0.2, 0.25) is 0 Å². The number of hydrogen-bond donors (Lipinski definition) is 2. The summed E-state index contributed by atoms with van der Waals surface area (Å²) >= 11 is 0. The summed E-state index contributed by atoms with van der Waals surface area (Å²) in [4.78, 5) is 18.9. The summed E-state index contributed by atoms with van der Waals surface area (Å²) in [5.74, 6) is 0.305. The van der Waals surface area contributed by atoms with Crippen LogP contribution >= 0.6 is 0 Å². The Kier molecular flexibility index (Phi) is 5.05. The number of ether oxygens (including phenoxy) is 1. The molecule has 3 aliphatic rings. The van der Waals surface area contributed by atoms with E-state index >= 15 is 0 Å². The lowest BCUT2D eigenvalue weighted by Gasteiger charge is -2.38. The van der Waals surface area contributed by atoms with Gasteiger partial charge in [-0.3, -0.25) is 9.78 Å². The molecule has 6 nitrogen and oxygen atoms in total. The highest BCUT2D eigenvalue weighted by Crippen LogP contribution is 2.38. The van der Waals surface area contributed by atoms with Crippen molar-refractivity contribution in [3.05, 3.63) is 36.0 Å². The van der Waals surface area contributed by atoms with Crippen molar-refractivity contribution in [1.29, 1.82) is 0 Å². The maximum absolute atomic E-state index is 13.4. The zero-order valence-corrected chi connectivity index (χ0v) is 17.2. The van der Waals surface area contributed by atoms with E-state index in [2.05, 4.69) is 15.6 Å². The van der Waals surface area contributed by atoms with Gasteiger partial charge >= 0.3 is 6.18 Å². The third-order valence-electron chi connectivity index (χ3n) is 6.64. The molecule has 0 spiro atoms. The molecule has 1 aliphatic carbocycles. The molecule has 0 radical (unpaired) electrons. The van der Waals surface area contributed by atoms with Gasteiger partial charge in [-0.1, -0.05) is 0 Å². The number of aromatic nitrogens is 1. The molecule has 9 heteroatoms. The SMILES string of the molecule is C[C@@H]1CN(c2ccc(C(F)(F)F)c3ncccc23)C[C@H](C(=O)NC2C[C@H]3C[C@@H]2CN3)O1. The van der Waals surface area contributed by atoms with Crippen LogP contribution in [0.15, 0.2) is 30.5 Å². The number of anilines is 1. The summed E-state index contributed by atoms with van der Waals surface area (Å²) in [5, 5.41) is 7.00. The van der Waals surface area contributed by atoms with Gasteiger partial charge < -0.3 is 20.3 Å². The first kappa shape index (κ1) is 20.5. The Morgan fingerprint density at radius 1 is 1.26 bits per heavy atom. The summed E-state index contributed by atoms with van der Waals surface area (Å²) in [7, 11) is 0. The number of halogens is 3. The van der Waals surface area contributed by atoms with E-state index in [4.69, 9.17) is 4.74 Å². The molecule has 166 valence electrons. The van der Waals surface area contributed by atoms with E-state index in [1.165, 1.54) is 12.3 Å². The fourth-order valence-corrected chi connectivity index (χ4v) is 5.24. The van der Waals surface area contributed by atoms with E-state index in [-0.39, 0.29) is 30.1 Å². The van der Waals surface area contributed by atoms with E-state index in [1.807, 2.05) is 11.8 Å². The van der Waals surface area contributed by atoms with Crippen LogP contribution in [-0.2, 0) is 15.7 Å². The number of rotatable bonds is 3. The number of pyridine rings is 1. The fraction of sp³-hybridized carbons (Fsp3) is 0.545. The van der Waals surface area contributed by atoms with Gasteiger partial charge in [-0.15, -0.1) is 0 Å². The topological polar surface area (TPSA) is 66.5 Å². The number of piperidine rings is 1. The molecule has 2 aliphatic heterocycles. The third-order valence-corrected chi connectivity index (χ3v) is 6.64. The monoisotopic (exact) mass is 434 g/mol. The molecule has 1 saturated carbocycles. The van der Waals surface area contributed by atoms with Crippen molar-refractivity contribution >= 4 is 22.5 Å². The number of morpholine rings is 1. The number of benzene rings is 1. The van der Waals surface area contributed by atoms with Crippen LogP contribution in [0.1, 0.15) is 25.3 Å². The maximum atomic E-state index is 13.4. The molecule has 2 N–H and O–H groups in total. The van der Waals surface area contributed by atoms with Crippen molar-refractivity contribution in [1.82, 2.24) is 15.6 Å². The highest BCUT2D eigenvalue weighted by Gasteiger charge is 2.42. The van der Waals surface area contributed by atoms with Crippen molar-refractivity contribution in [2.45, 2.75) is 50.2 Å². The fourth-order valence-electron chi connectivity index (χ4n) is 5.24. The zero-order valence-electron chi connectivity index (χ0n) is 17.2. The average molecular weight is 434 g/mol. The van der Waals surface area contributed by atoms with Gasteiger partial charge in [-0.25, -0.2) is 0 Å². The standard InChI is InChI=1S/C22H25F3N4O2/c1-12-10-29(11-19(31-12)21(30)28-17-8-14-7-13(17)9-27-14)18-5-4-16(22(23,24)25)20-15(18)3-2-6-26-20/h2-6,12-14,17,19,27H,7-11H2,1H3,(H,28,30)/t12-,13-,14-,17?,19-/m1/s1. The number of nitrogens with zero attached hydrogens (tertiary/aromatic N) is 2. The van der Waals surface area contributed by atoms with E-state index in [0.29, 0.717) is 29.6 Å². The lowest BCUT2D eigenvalue weighted by Crippen LogP contribution is -2.55. The van der Waals surface area contributed by atoms with Crippen molar-refractivity contribution in [3.63, 3.8) is 0 Å². The van der Waals surface area contributed by atoms with Gasteiger partial charge in [-0.05, 0) is 49.9 Å². The van der Waals surface area contributed by atoms with Crippen molar-refractivity contribution in [3.8, 4) is 0 Å². The average Bonchev–Trinajstić information content (AvgIpc) is 3.35. The second-order valence-electron chi connectivity index (χ2n) is 8.82. The minimum absolute atomic E-state index is 0.0814. The molecule has 5 rings (SSSR count). The molecule has 1 amide bonds. The molecule has 2 bridgehead atoms.